The first-order valence-corrected chi connectivity index (χ1v) is 6.14. The molecule has 0 aliphatic rings. The Labute approximate surface area is 105 Å². The number of pyridine rings is 1. The minimum Gasteiger partial charge on any atom is -0.305 e. The number of rotatable bonds is 0. The highest BCUT2D eigenvalue weighted by Gasteiger charge is 2.10. The summed E-state index contributed by atoms with van der Waals surface area (Å²) in [7, 11) is 2.60. The van der Waals surface area contributed by atoms with Gasteiger partial charge in [-0.05, 0) is 54.0 Å². The van der Waals surface area contributed by atoms with Crippen LogP contribution in [0.1, 0.15) is 0 Å². The Morgan fingerprint density at radius 2 is 2.31 bits per heavy atom. The molecule has 2 rings (SSSR count). The molecule has 0 bridgehead atoms. The van der Waals surface area contributed by atoms with Gasteiger partial charge in [0.25, 0.3) is 0 Å². The molecule has 0 N–H and O–H groups in total. The van der Waals surface area contributed by atoms with Gasteiger partial charge >= 0.3 is 0 Å². The van der Waals surface area contributed by atoms with Gasteiger partial charge in [-0.2, -0.15) is 0 Å². The van der Waals surface area contributed by atoms with Crippen LogP contribution in [0.15, 0.2) is 16.7 Å². The van der Waals surface area contributed by atoms with E-state index in [9.17, 15) is 0 Å². The largest absolute Gasteiger partial charge is 0.305 e. The zero-order chi connectivity index (χ0) is 9.59. The van der Waals surface area contributed by atoms with Crippen molar-refractivity contribution in [3.8, 4) is 0 Å². The molecule has 68 valence electrons. The minimum atomic E-state index is 0.712. The minimum absolute atomic E-state index is 0.712. The fourth-order valence-corrected chi connectivity index (χ4v) is 2.40. The first kappa shape index (κ1) is 10.1. The zero-order valence-electron chi connectivity index (χ0n) is 6.26. The number of nitrogens with zero attached hydrogens (tertiary/aromatic N) is 2. The van der Waals surface area contributed by atoms with E-state index in [1.165, 1.54) is 0 Å². The van der Waals surface area contributed by atoms with Crippen molar-refractivity contribution in [1.29, 1.82) is 0 Å². The van der Waals surface area contributed by atoms with Gasteiger partial charge in [0.05, 0.1) is 13.2 Å². The number of hydrogen-bond acceptors (Lipinski definition) is 1. The summed E-state index contributed by atoms with van der Waals surface area (Å²) in [5, 5.41) is 1.68. The Bertz CT molecular complexity index is 485. The maximum absolute atomic E-state index is 6.10. The Morgan fingerprint density at radius 3 is 3.00 bits per heavy atom. The van der Waals surface area contributed by atoms with Crippen LogP contribution in [0.5, 0.6) is 0 Å². The van der Waals surface area contributed by atoms with Gasteiger partial charge < -0.3 is 4.34 Å². The third-order valence-electron chi connectivity index (χ3n) is 1.71. The summed E-state index contributed by atoms with van der Waals surface area (Å²) in [5.74, 6) is 0. The van der Waals surface area contributed by atoms with Crippen LogP contribution in [0.25, 0.3) is 11.0 Å². The van der Waals surface area contributed by atoms with Crippen LogP contribution in [0.2, 0.25) is 5.02 Å². The van der Waals surface area contributed by atoms with E-state index in [-0.39, 0.29) is 0 Å². The lowest BCUT2D eigenvalue weighted by Gasteiger charge is -1.98. The molecular formula is C7H4BrClIN2P. The van der Waals surface area contributed by atoms with E-state index in [2.05, 4.69) is 52.9 Å². The summed E-state index contributed by atoms with van der Waals surface area (Å²) in [6, 6.07) is 2.00. The fourth-order valence-electron chi connectivity index (χ4n) is 1.08. The predicted molar refractivity (Wildman–Crippen MR) is 70.3 cm³/mol. The summed E-state index contributed by atoms with van der Waals surface area (Å²) in [4.78, 5) is 4.27. The summed E-state index contributed by atoms with van der Waals surface area (Å²) >= 11 is 11.7. The average molecular weight is 389 g/mol. The molecule has 6 heteroatoms. The highest BCUT2D eigenvalue weighted by molar-refractivity contribution is 14.1. The molecule has 0 aromatic carbocycles. The lowest BCUT2D eigenvalue weighted by atomic mass is 10.3. The van der Waals surface area contributed by atoms with Gasteiger partial charge in [-0.1, -0.05) is 11.6 Å². The van der Waals surface area contributed by atoms with Crippen molar-refractivity contribution in [1.82, 2.24) is 9.32 Å². The predicted octanol–water partition coefficient (Wildman–Crippen LogP) is 3.69. The fraction of sp³-hybridized carbons (Fsp3) is 0. The van der Waals surface area contributed by atoms with Gasteiger partial charge in [0.15, 0.2) is 0 Å². The Morgan fingerprint density at radius 1 is 1.62 bits per heavy atom. The molecule has 0 aliphatic carbocycles. The molecule has 0 fully saturated rings. The van der Waals surface area contributed by atoms with Gasteiger partial charge in [0.2, 0.25) is 0 Å². The SMILES string of the molecule is Pn1c(I)cc2c(Cl)c(Br)cnc21. The molecule has 0 aliphatic heterocycles. The van der Waals surface area contributed by atoms with Gasteiger partial charge in [0.1, 0.15) is 5.65 Å². The van der Waals surface area contributed by atoms with E-state index in [0.29, 0.717) is 5.02 Å². The van der Waals surface area contributed by atoms with Crippen LogP contribution in [0.4, 0.5) is 0 Å². The van der Waals surface area contributed by atoms with Crippen LogP contribution < -0.4 is 0 Å². The number of fused-ring (bicyclic) bond motifs is 1. The molecule has 0 saturated heterocycles. The van der Waals surface area contributed by atoms with Gasteiger partial charge in [-0.3, -0.25) is 0 Å². The molecule has 0 spiro atoms. The van der Waals surface area contributed by atoms with Crippen LogP contribution in [-0.2, 0) is 0 Å². The van der Waals surface area contributed by atoms with Gasteiger partial charge in [-0.15, -0.1) is 0 Å². The standard InChI is InChI=1S/C7H4BrClIN2P/c8-4-2-11-7-3(6(4)9)1-5(10)12(7)13/h1-2H,13H2. The van der Waals surface area contributed by atoms with E-state index in [1.54, 1.807) is 6.20 Å². The first-order valence-electron chi connectivity index (χ1n) is 3.37. The summed E-state index contributed by atoms with van der Waals surface area (Å²) in [6.45, 7) is 0. The van der Waals surface area contributed by atoms with Crippen molar-refractivity contribution in [2.75, 3.05) is 0 Å². The third kappa shape index (κ3) is 1.62. The molecule has 0 radical (unpaired) electrons. The molecule has 0 saturated carbocycles. The molecule has 2 nitrogen and oxygen atoms in total. The van der Waals surface area contributed by atoms with Crippen LogP contribution in [0, 0.1) is 3.70 Å². The number of aromatic nitrogens is 2. The van der Waals surface area contributed by atoms with Crippen molar-refractivity contribution in [2.45, 2.75) is 0 Å². The Hall–Kier alpha value is 0.620. The van der Waals surface area contributed by atoms with Crippen LogP contribution >= 0.6 is 59.5 Å². The second-order valence-corrected chi connectivity index (χ2v) is 5.35. The lowest BCUT2D eigenvalue weighted by Crippen LogP contribution is -1.84. The van der Waals surface area contributed by atoms with Crippen molar-refractivity contribution in [3.63, 3.8) is 0 Å². The molecule has 1 unspecified atom stereocenters. The molecule has 1 atom stereocenters. The van der Waals surface area contributed by atoms with E-state index < -0.39 is 0 Å². The molecule has 2 heterocycles. The van der Waals surface area contributed by atoms with Gasteiger partial charge in [-0.25, -0.2) is 4.98 Å². The highest BCUT2D eigenvalue weighted by Crippen LogP contribution is 2.32. The first-order chi connectivity index (χ1) is 6.11. The second kappa shape index (κ2) is 3.65. The van der Waals surface area contributed by atoms with Crippen LogP contribution in [0.3, 0.4) is 0 Å². The average Bonchev–Trinajstić information content (AvgIpc) is 2.38. The Kier molecular flexibility index (Phi) is 2.85. The van der Waals surface area contributed by atoms with Crippen molar-refractivity contribution < 1.29 is 0 Å². The van der Waals surface area contributed by atoms with Crippen LogP contribution in [-0.4, -0.2) is 9.32 Å². The summed E-state index contributed by atoms with van der Waals surface area (Å²) in [6.07, 6.45) is 1.71. The monoisotopic (exact) mass is 388 g/mol. The van der Waals surface area contributed by atoms with Crippen molar-refractivity contribution >= 4 is 70.5 Å². The highest BCUT2D eigenvalue weighted by atomic mass is 127. The number of hydrogen-bond donors (Lipinski definition) is 0. The third-order valence-corrected chi connectivity index (χ3v) is 4.83. The van der Waals surface area contributed by atoms with Crippen molar-refractivity contribution in [2.24, 2.45) is 0 Å². The molecule has 2 aromatic heterocycles. The van der Waals surface area contributed by atoms with Gasteiger partial charge in [0, 0.05) is 11.6 Å². The quantitative estimate of drug-likeness (QED) is 0.496. The Balaban J connectivity index is 2.94. The van der Waals surface area contributed by atoms with E-state index >= 15 is 0 Å². The smallest absolute Gasteiger partial charge is 0.145 e. The normalized spacial score (nSPS) is 11.1. The summed E-state index contributed by atoms with van der Waals surface area (Å²) in [5.41, 5.74) is 0.877. The molecule has 2 aromatic rings. The topological polar surface area (TPSA) is 17.8 Å². The van der Waals surface area contributed by atoms with E-state index in [0.717, 1.165) is 19.2 Å². The van der Waals surface area contributed by atoms with E-state index in [4.69, 9.17) is 11.6 Å². The summed E-state index contributed by atoms with van der Waals surface area (Å²) < 4.78 is 3.84. The zero-order valence-corrected chi connectivity index (χ0v) is 11.9. The second-order valence-electron chi connectivity index (χ2n) is 2.49. The maximum atomic E-state index is 6.10. The number of halogens is 3. The van der Waals surface area contributed by atoms with E-state index in [1.807, 2.05) is 10.4 Å². The molecule has 13 heavy (non-hydrogen) atoms. The lowest BCUT2D eigenvalue weighted by molar-refractivity contribution is 1.22. The maximum Gasteiger partial charge on any atom is 0.145 e. The molecular weight excluding hydrogens is 385 g/mol. The molecule has 0 amide bonds. The van der Waals surface area contributed by atoms with Crippen molar-refractivity contribution in [3.05, 3.63) is 25.5 Å².